The van der Waals surface area contributed by atoms with Crippen molar-refractivity contribution in [2.45, 2.75) is 91.6 Å². The Bertz CT molecular complexity index is 338. The second kappa shape index (κ2) is 6.58. The first-order valence-electron chi connectivity index (χ1n) is 9.29. The Morgan fingerprint density at radius 3 is 2.48 bits per heavy atom. The van der Waals surface area contributed by atoms with Crippen LogP contribution in [0.4, 0.5) is 0 Å². The third-order valence-electron chi connectivity index (χ3n) is 6.78. The van der Waals surface area contributed by atoms with Crippen molar-refractivity contribution in [2.24, 2.45) is 28.4 Å². The summed E-state index contributed by atoms with van der Waals surface area (Å²) in [6.07, 6.45) is 9.42. The third-order valence-corrected chi connectivity index (χ3v) is 6.78. The molecule has 0 aromatic carbocycles. The molecule has 2 nitrogen and oxygen atoms in total. The molecule has 0 bridgehead atoms. The van der Waals surface area contributed by atoms with Crippen LogP contribution in [0.3, 0.4) is 0 Å². The lowest BCUT2D eigenvalue weighted by Crippen LogP contribution is -2.58. The highest BCUT2D eigenvalue weighted by Gasteiger charge is 2.44. The Labute approximate surface area is 132 Å². The monoisotopic (exact) mass is 294 g/mol. The molecule has 0 aliphatic heterocycles. The van der Waals surface area contributed by atoms with E-state index in [1.807, 2.05) is 0 Å². The summed E-state index contributed by atoms with van der Waals surface area (Å²) in [5.41, 5.74) is 7.22. The highest BCUT2D eigenvalue weighted by Crippen LogP contribution is 2.45. The highest BCUT2D eigenvalue weighted by atomic mass is 15.0. The smallest absolute Gasteiger partial charge is 0.0157 e. The Kier molecular flexibility index (Phi) is 5.41. The minimum atomic E-state index is 0.261. The molecule has 2 aliphatic carbocycles. The predicted octanol–water partition coefficient (Wildman–Crippen LogP) is 4.33. The molecule has 5 atom stereocenters. The van der Waals surface area contributed by atoms with Gasteiger partial charge < -0.3 is 11.1 Å². The molecular formula is C19H38N2. The molecule has 5 unspecified atom stereocenters. The summed E-state index contributed by atoms with van der Waals surface area (Å²) in [7, 11) is 0. The lowest BCUT2D eigenvalue weighted by atomic mass is 9.60. The molecule has 2 saturated carbocycles. The van der Waals surface area contributed by atoms with Crippen molar-refractivity contribution in [3.8, 4) is 0 Å². The Balaban J connectivity index is 2.00. The Hall–Kier alpha value is -0.0800. The molecule has 0 saturated heterocycles. The van der Waals surface area contributed by atoms with E-state index < -0.39 is 0 Å². The summed E-state index contributed by atoms with van der Waals surface area (Å²) >= 11 is 0. The number of rotatable bonds is 4. The normalized spacial score (nSPS) is 43.7. The molecule has 21 heavy (non-hydrogen) atoms. The molecule has 124 valence electrons. The summed E-state index contributed by atoms with van der Waals surface area (Å²) in [5.74, 6) is 1.69. The maximum Gasteiger partial charge on any atom is 0.0157 e. The molecule has 2 aliphatic rings. The summed E-state index contributed by atoms with van der Waals surface area (Å²) in [6, 6.07) is 1.02. The van der Waals surface area contributed by atoms with Crippen LogP contribution in [-0.4, -0.2) is 18.6 Å². The fourth-order valence-corrected chi connectivity index (χ4v) is 5.10. The van der Waals surface area contributed by atoms with Crippen LogP contribution in [0.2, 0.25) is 0 Å². The van der Waals surface area contributed by atoms with Crippen molar-refractivity contribution >= 4 is 0 Å². The van der Waals surface area contributed by atoms with Gasteiger partial charge in [0, 0.05) is 18.6 Å². The second-order valence-corrected chi connectivity index (χ2v) is 8.96. The van der Waals surface area contributed by atoms with Gasteiger partial charge in [-0.3, -0.25) is 0 Å². The van der Waals surface area contributed by atoms with E-state index in [0.29, 0.717) is 12.1 Å². The van der Waals surface area contributed by atoms with Crippen LogP contribution >= 0.6 is 0 Å². The first kappa shape index (κ1) is 17.3. The van der Waals surface area contributed by atoms with Crippen LogP contribution in [0.1, 0.15) is 79.6 Å². The minimum absolute atomic E-state index is 0.261. The molecule has 0 spiro atoms. The summed E-state index contributed by atoms with van der Waals surface area (Å²) in [5, 5.41) is 3.97. The third kappa shape index (κ3) is 3.64. The molecular weight excluding hydrogens is 256 g/mol. The molecule has 0 aromatic rings. The van der Waals surface area contributed by atoms with Crippen molar-refractivity contribution in [3.05, 3.63) is 0 Å². The summed E-state index contributed by atoms with van der Waals surface area (Å²) in [4.78, 5) is 0. The van der Waals surface area contributed by atoms with E-state index in [1.165, 1.54) is 44.9 Å². The second-order valence-electron chi connectivity index (χ2n) is 8.96. The van der Waals surface area contributed by atoms with Gasteiger partial charge in [0.1, 0.15) is 0 Å². The van der Waals surface area contributed by atoms with E-state index in [0.717, 1.165) is 18.4 Å². The topological polar surface area (TPSA) is 38.0 Å². The number of hydrogen-bond donors (Lipinski definition) is 2. The van der Waals surface area contributed by atoms with Gasteiger partial charge in [-0.25, -0.2) is 0 Å². The molecule has 0 amide bonds. The first-order valence-corrected chi connectivity index (χ1v) is 9.29. The number of nitrogens with two attached hydrogens (primary N) is 1. The van der Waals surface area contributed by atoms with Crippen molar-refractivity contribution in [1.29, 1.82) is 0 Å². The Morgan fingerprint density at radius 2 is 1.81 bits per heavy atom. The van der Waals surface area contributed by atoms with Gasteiger partial charge in [-0.05, 0) is 48.3 Å². The van der Waals surface area contributed by atoms with Gasteiger partial charge in [-0.15, -0.1) is 0 Å². The molecule has 0 aromatic heterocycles. The number of nitrogens with one attached hydrogen (secondary N) is 1. The molecule has 3 N–H and O–H groups in total. The predicted molar refractivity (Wildman–Crippen MR) is 92.3 cm³/mol. The van der Waals surface area contributed by atoms with Crippen LogP contribution < -0.4 is 11.1 Å². The van der Waals surface area contributed by atoms with Gasteiger partial charge >= 0.3 is 0 Å². The van der Waals surface area contributed by atoms with E-state index in [1.54, 1.807) is 0 Å². The van der Waals surface area contributed by atoms with Gasteiger partial charge in [-0.1, -0.05) is 53.9 Å². The summed E-state index contributed by atoms with van der Waals surface area (Å²) < 4.78 is 0. The zero-order chi connectivity index (χ0) is 15.7. The molecule has 0 heterocycles. The largest absolute Gasteiger partial charge is 0.327 e. The van der Waals surface area contributed by atoms with Crippen molar-refractivity contribution in [2.75, 3.05) is 6.54 Å². The zero-order valence-electron chi connectivity index (χ0n) is 15.0. The van der Waals surface area contributed by atoms with Gasteiger partial charge in [-0.2, -0.15) is 0 Å². The molecule has 2 heteroatoms. The average molecular weight is 295 g/mol. The number of hydrogen-bond acceptors (Lipinski definition) is 2. The molecule has 2 rings (SSSR count). The first-order chi connectivity index (χ1) is 9.80. The van der Waals surface area contributed by atoms with E-state index >= 15 is 0 Å². The van der Waals surface area contributed by atoms with E-state index in [-0.39, 0.29) is 10.8 Å². The summed E-state index contributed by atoms with van der Waals surface area (Å²) in [6.45, 7) is 13.0. The van der Waals surface area contributed by atoms with E-state index in [4.69, 9.17) is 5.73 Å². The van der Waals surface area contributed by atoms with Crippen LogP contribution in [-0.2, 0) is 0 Å². The lowest BCUT2D eigenvalue weighted by molar-refractivity contribution is 0.0513. The highest BCUT2D eigenvalue weighted by molar-refractivity contribution is 5.00. The maximum absolute atomic E-state index is 6.67. The van der Waals surface area contributed by atoms with Gasteiger partial charge in [0.05, 0.1) is 0 Å². The van der Waals surface area contributed by atoms with Crippen molar-refractivity contribution in [1.82, 2.24) is 5.32 Å². The van der Waals surface area contributed by atoms with Gasteiger partial charge in [0.2, 0.25) is 0 Å². The Morgan fingerprint density at radius 1 is 1.10 bits per heavy atom. The fraction of sp³-hybridized carbons (Fsp3) is 1.00. The van der Waals surface area contributed by atoms with E-state index in [2.05, 4.69) is 39.9 Å². The standard InChI is InChI=1S/C19H38N2/c1-6-15-10-7-9-14(2)16(15)21-13-19(5)12-8-11-18(3,4)17(19)20/h14-17,21H,6-13,20H2,1-5H3. The van der Waals surface area contributed by atoms with Crippen molar-refractivity contribution in [3.63, 3.8) is 0 Å². The van der Waals surface area contributed by atoms with Gasteiger partial charge in [0.15, 0.2) is 0 Å². The average Bonchev–Trinajstić information content (AvgIpc) is 2.43. The zero-order valence-corrected chi connectivity index (χ0v) is 15.0. The lowest BCUT2D eigenvalue weighted by Gasteiger charge is -2.50. The quantitative estimate of drug-likeness (QED) is 0.809. The maximum atomic E-state index is 6.67. The van der Waals surface area contributed by atoms with Crippen LogP contribution in [0.25, 0.3) is 0 Å². The minimum Gasteiger partial charge on any atom is -0.327 e. The van der Waals surface area contributed by atoms with Crippen LogP contribution in [0.5, 0.6) is 0 Å². The molecule has 0 radical (unpaired) electrons. The SMILES string of the molecule is CCC1CCCC(C)C1NCC1(C)CCCC(C)(C)C1N. The van der Waals surface area contributed by atoms with Crippen molar-refractivity contribution < 1.29 is 0 Å². The fourth-order valence-electron chi connectivity index (χ4n) is 5.10. The van der Waals surface area contributed by atoms with E-state index in [9.17, 15) is 0 Å². The van der Waals surface area contributed by atoms with Crippen LogP contribution in [0.15, 0.2) is 0 Å². The molecule has 2 fully saturated rings. The van der Waals surface area contributed by atoms with Gasteiger partial charge in [0.25, 0.3) is 0 Å². The van der Waals surface area contributed by atoms with Crippen LogP contribution in [0, 0.1) is 22.7 Å².